The molecule has 1 heterocycles. The molecular formula is C8H11N3O. The smallest absolute Gasteiger partial charge is 0.267 e. The summed E-state index contributed by atoms with van der Waals surface area (Å²) in [5.74, 6) is 0.179. The zero-order chi connectivity index (χ0) is 9.14. The van der Waals surface area contributed by atoms with Crippen molar-refractivity contribution in [1.29, 1.82) is 0 Å². The van der Waals surface area contributed by atoms with E-state index in [-0.39, 0.29) is 5.69 Å². The van der Waals surface area contributed by atoms with Crippen LogP contribution in [0.4, 0.5) is 5.82 Å². The van der Waals surface area contributed by atoms with Crippen LogP contribution in [0.1, 0.15) is 16.1 Å². The van der Waals surface area contributed by atoms with E-state index in [4.69, 9.17) is 5.73 Å². The molecular weight excluding hydrogens is 154 g/mol. The van der Waals surface area contributed by atoms with E-state index in [1.165, 1.54) is 0 Å². The number of anilines is 1. The van der Waals surface area contributed by atoms with Gasteiger partial charge in [0.1, 0.15) is 11.5 Å². The second kappa shape index (κ2) is 3.21. The fraction of sp³-hybridized carbons (Fsp3) is 0.250. The second-order valence-electron chi connectivity index (χ2n) is 2.48. The maximum absolute atomic E-state index is 10.7. The number of nitrogens with one attached hydrogen (secondary N) is 1. The number of carbonyl (C=O) groups is 1. The van der Waals surface area contributed by atoms with Gasteiger partial charge in [-0.15, -0.1) is 0 Å². The number of amides is 1. The molecule has 4 nitrogen and oxygen atoms in total. The first-order chi connectivity index (χ1) is 5.65. The van der Waals surface area contributed by atoms with E-state index in [0.29, 0.717) is 5.82 Å². The van der Waals surface area contributed by atoms with Crippen molar-refractivity contribution in [3.63, 3.8) is 0 Å². The van der Waals surface area contributed by atoms with Crippen LogP contribution in [0.5, 0.6) is 0 Å². The molecule has 0 aliphatic rings. The zero-order valence-corrected chi connectivity index (χ0v) is 7.09. The molecule has 3 N–H and O–H groups in total. The van der Waals surface area contributed by atoms with Gasteiger partial charge < -0.3 is 11.1 Å². The molecule has 0 radical (unpaired) electrons. The number of rotatable bonds is 2. The minimum absolute atomic E-state index is 0.282. The third-order valence-corrected chi connectivity index (χ3v) is 1.59. The van der Waals surface area contributed by atoms with Crippen molar-refractivity contribution in [1.82, 2.24) is 4.98 Å². The van der Waals surface area contributed by atoms with Crippen LogP contribution in [0.25, 0.3) is 0 Å². The molecule has 0 spiro atoms. The second-order valence-corrected chi connectivity index (χ2v) is 2.48. The molecule has 1 amide bonds. The minimum atomic E-state index is -0.508. The Balaban J connectivity index is 3.13. The zero-order valence-electron chi connectivity index (χ0n) is 7.09. The normalized spacial score (nSPS) is 9.50. The van der Waals surface area contributed by atoms with E-state index in [1.54, 1.807) is 19.2 Å². The Hall–Kier alpha value is -1.58. The molecule has 0 saturated heterocycles. The number of hydrogen-bond donors (Lipinski definition) is 2. The molecule has 0 aromatic carbocycles. The maximum atomic E-state index is 10.7. The summed E-state index contributed by atoms with van der Waals surface area (Å²) >= 11 is 0. The Morgan fingerprint density at radius 3 is 2.75 bits per heavy atom. The Bertz CT molecular complexity index is 309. The van der Waals surface area contributed by atoms with Gasteiger partial charge in [-0.05, 0) is 18.6 Å². The van der Waals surface area contributed by atoms with E-state index < -0.39 is 5.91 Å². The van der Waals surface area contributed by atoms with E-state index >= 15 is 0 Å². The molecule has 1 aromatic heterocycles. The van der Waals surface area contributed by atoms with Gasteiger partial charge in [0.15, 0.2) is 0 Å². The average Bonchev–Trinajstić information content (AvgIpc) is 2.05. The Morgan fingerprint density at radius 2 is 2.25 bits per heavy atom. The van der Waals surface area contributed by atoms with E-state index in [0.717, 1.165) is 5.56 Å². The summed E-state index contributed by atoms with van der Waals surface area (Å²) in [6.07, 6.45) is 0. The minimum Gasteiger partial charge on any atom is -0.373 e. The summed E-state index contributed by atoms with van der Waals surface area (Å²) in [4.78, 5) is 14.7. The predicted octanol–water partition coefficient (Wildman–Crippen LogP) is 0.531. The summed E-state index contributed by atoms with van der Waals surface area (Å²) in [7, 11) is 1.75. The van der Waals surface area contributed by atoms with Crippen LogP contribution >= 0.6 is 0 Å². The molecule has 0 unspecified atom stereocenters. The number of primary amides is 1. The van der Waals surface area contributed by atoms with E-state index in [2.05, 4.69) is 10.3 Å². The van der Waals surface area contributed by atoms with E-state index in [1.807, 2.05) is 6.92 Å². The average molecular weight is 165 g/mol. The number of pyridine rings is 1. The first-order valence-electron chi connectivity index (χ1n) is 3.60. The quantitative estimate of drug-likeness (QED) is 0.671. The van der Waals surface area contributed by atoms with Gasteiger partial charge in [0.25, 0.3) is 5.91 Å². The van der Waals surface area contributed by atoms with Crippen LogP contribution in [-0.2, 0) is 0 Å². The molecule has 0 atom stereocenters. The van der Waals surface area contributed by atoms with Crippen LogP contribution in [0, 0.1) is 6.92 Å². The molecule has 4 heteroatoms. The number of aryl methyl sites for hydroxylation is 1. The largest absolute Gasteiger partial charge is 0.373 e. The molecule has 1 rings (SSSR count). The molecule has 0 saturated carbocycles. The summed E-state index contributed by atoms with van der Waals surface area (Å²) in [6, 6.07) is 3.41. The van der Waals surface area contributed by atoms with Crippen molar-refractivity contribution in [2.45, 2.75) is 6.92 Å². The van der Waals surface area contributed by atoms with Gasteiger partial charge in [-0.3, -0.25) is 4.79 Å². The van der Waals surface area contributed by atoms with Crippen LogP contribution in [-0.4, -0.2) is 17.9 Å². The summed E-state index contributed by atoms with van der Waals surface area (Å²) in [5.41, 5.74) is 6.33. The monoisotopic (exact) mass is 165 g/mol. The fourth-order valence-electron chi connectivity index (χ4n) is 0.919. The van der Waals surface area contributed by atoms with Gasteiger partial charge in [-0.2, -0.15) is 0 Å². The van der Waals surface area contributed by atoms with Gasteiger partial charge in [0, 0.05) is 7.05 Å². The van der Waals surface area contributed by atoms with Crippen molar-refractivity contribution in [3.05, 3.63) is 23.4 Å². The lowest BCUT2D eigenvalue weighted by Gasteiger charge is -2.04. The highest BCUT2D eigenvalue weighted by Crippen LogP contribution is 2.10. The number of nitrogens with two attached hydrogens (primary N) is 1. The van der Waals surface area contributed by atoms with Crippen LogP contribution < -0.4 is 11.1 Å². The highest BCUT2D eigenvalue weighted by Gasteiger charge is 2.04. The predicted molar refractivity (Wildman–Crippen MR) is 47.0 cm³/mol. The van der Waals surface area contributed by atoms with Crippen molar-refractivity contribution in [2.24, 2.45) is 5.73 Å². The maximum Gasteiger partial charge on any atom is 0.267 e. The van der Waals surface area contributed by atoms with Crippen molar-refractivity contribution < 1.29 is 4.79 Å². The third kappa shape index (κ3) is 1.53. The Kier molecular flexibility index (Phi) is 2.28. The number of carbonyl (C=O) groups excluding carboxylic acids is 1. The highest BCUT2D eigenvalue weighted by atomic mass is 16.1. The van der Waals surface area contributed by atoms with Crippen molar-refractivity contribution in [3.8, 4) is 0 Å². The van der Waals surface area contributed by atoms with Gasteiger partial charge in [0.05, 0.1) is 0 Å². The first-order valence-corrected chi connectivity index (χ1v) is 3.60. The highest BCUT2D eigenvalue weighted by molar-refractivity contribution is 5.91. The lowest BCUT2D eigenvalue weighted by atomic mass is 10.2. The Labute approximate surface area is 70.8 Å². The molecule has 1 aromatic rings. The SMILES string of the molecule is CNc1nc(C(N)=O)ccc1C. The molecule has 12 heavy (non-hydrogen) atoms. The van der Waals surface area contributed by atoms with Gasteiger partial charge in [-0.25, -0.2) is 4.98 Å². The van der Waals surface area contributed by atoms with Crippen molar-refractivity contribution in [2.75, 3.05) is 12.4 Å². The number of hydrogen-bond acceptors (Lipinski definition) is 3. The Morgan fingerprint density at radius 1 is 1.58 bits per heavy atom. The lowest BCUT2D eigenvalue weighted by Crippen LogP contribution is -2.14. The summed E-state index contributed by atoms with van der Waals surface area (Å²) in [5, 5.41) is 2.87. The van der Waals surface area contributed by atoms with Crippen molar-refractivity contribution >= 4 is 11.7 Å². The van der Waals surface area contributed by atoms with Gasteiger partial charge >= 0.3 is 0 Å². The van der Waals surface area contributed by atoms with Gasteiger partial charge in [0.2, 0.25) is 0 Å². The molecule has 0 aliphatic carbocycles. The first kappa shape index (κ1) is 8.52. The van der Waals surface area contributed by atoms with E-state index in [9.17, 15) is 4.79 Å². The molecule has 0 bridgehead atoms. The van der Waals surface area contributed by atoms with Crippen LogP contribution in [0.2, 0.25) is 0 Å². The standard InChI is InChI=1S/C8H11N3O/c1-5-3-4-6(7(9)12)11-8(5)10-2/h3-4H,1-2H3,(H2,9,12)(H,10,11). The third-order valence-electron chi connectivity index (χ3n) is 1.59. The fourth-order valence-corrected chi connectivity index (χ4v) is 0.919. The number of nitrogens with zero attached hydrogens (tertiary/aromatic N) is 1. The number of aromatic nitrogens is 1. The molecule has 0 aliphatic heterocycles. The summed E-state index contributed by atoms with van der Waals surface area (Å²) in [6.45, 7) is 1.91. The van der Waals surface area contributed by atoms with Crippen LogP contribution in [0.15, 0.2) is 12.1 Å². The van der Waals surface area contributed by atoms with Crippen LogP contribution in [0.3, 0.4) is 0 Å². The topological polar surface area (TPSA) is 68.0 Å². The molecule has 64 valence electrons. The molecule has 0 fully saturated rings. The lowest BCUT2D eigenvalue weighted by molar-refractivity contribution is 0.0995. The summed E-state index contributed by atoms with van der Waals surface area (Å²) < 4.78 is 0. The van der Waals surface area contributed by atoms with Gasteiger partial charge in [-0.1, -0.05) is 6.07 Å².